The highest BCUT2D eigenvalue weighted by Crippen LogP contribution is 2.24. The van der Waals surface area contributed by atoms with Crippen molar-refractivity contribution in [2.24, 2.45) is 5.92 Å². The molecule has 154 valence electrons. The molecule has 1 heterocycles. The number of amides is 2. The molecular weight excluding hydrogens is 373 g/mol. The summed E-state index contributed by atoms with van der Waals surface area (Å²) < 4.78 is 12.9. The molecule has 0 unspecified atom stereocenters. The van der Waals surface area contributed by atoms with Gasteiger partial charge in [0.1, 0.15) is 11.6 Å². The number of carbonyl (C=O) groups excluding carboxylic acids is 2. The number of para-hydroxylation sites is 2. The van der Waals surface area contributed by atoms with Crippen LogP contribution in [0.3, 0.4) is 0 Å². The maximum Gasteiger partial charge on any atom is 0.234 e. The number of benzene rings is 2. The largest absolute Gasteiger partial charge is 0.506 e. The normalized spacial score (nSPS) is 15.1. The fourth-order valence-electron chi connectivity index (χ4n) is 3.42. The van der Waals surface area contributed by atoms with E-state index in [1.54, 1.807) is 30.3 Å². The summed E-state index contributed by atoms with van der Waals surface area (Å²) in [5.41, 5.74) is 1.39. The SMILES string of the molecule is O=C(CN1CCC(C(=O)Nc2ccccc2O)CC1)NCCc1ccc(F)cc1. The predicted molar refractivity (Wildman–Crippen MR) is 109 cm³/mol. The Labute approximate surface area is 169 Å². The minimum atomic E-state index is -0.268. The number of hydrogen-bond acceptors (Lipinski definition) is 4. The molecule has 2 amide bonds. The summed E-state index contributed by atoms with van der Waals surface area (Å²) in [6.07, 6.45) is 1.99. The molecule has 2 aromatic carbocycles. The first-order valence-electron chi connectivity index (χ1n) is 9.83. The molecule has 3 rings (SSSR count). The topological polar surface area (TPSA) is 81.7 Å². The van der Waals surface area contributed by atoms with E-state index in [0.29, 0.717) is 51.1 Å². The van der Waals surface area contributed by atoms with Gasteiger partial charge < -0.3 is 15.7 Å². The predicted octanol–water partition coefficient (Wildman–Crippen LogP) is 2.54. The molecule has 1 fully saturated rings. The molecule has 0 aliphatic carbocycles. The second-order valence-electron chi connectivity index (χ2n) is 7.28. The first-order chi connectivity index (χ1) is 14.0. The average molecular weight is 399 g/mol. The summed E-state index contributed by atoms with van der Waals surface area (Å²) in [5, 5.41) is 15.4. The van der Waals surface area contributed by atoms with Crippen LogP contribution in [0.1, 0.15) is 18.4 Å². The summed E-state index contributed by atoms with van der Waals surface area (Å²) in [5.74, 6) is -0.502. The Bertz CT molecular complexity index is 833. The summed E-state index contributed by atoms with van der Waals surface area (Å²) >= 11 is 0. The third kappa shape index (κ3) is 6.29. The molecule has 0 atom stereocenters. The Morgan fingerprint density at radius 2 is 1.76 bits per heavy atom. The maximum atomic E-state index is 12.9. The third-order valence-electron chi connectivity index (χ3n) is 5.14. The molecule has 0 spiro atoms. The van der Waals surface area contributed by atoms with Gasteiger partial charge in [0.2, 0.25) is 11.8 Å². The van der Waals surface area contributed by atoms with Gasteiger partial charge in [0.05, 0.1) is 12.2 Å². The fourth-order valence-corrected chi connectivity index (χ4v) is 3.42. The van der Waals surface area contributed by atoms with Gasteiger partial charge in [0.25, 0.3) is 0 Å². The van der Waals surface area contributed by atoms with Crippen molar-refractivity contribution in [1.82, 2.24) is 10.2 Å². The minimum Gasteiger partial charge on any atom is -0.506 e. The first kappa shape index (κ1) is 20.8. The number of phenols is 1. The van der Waals surface area contributed by atoms with Gasteiger partial charge in [-0.15, -0.1) is 0 Å². The van der Waals surface area contributed by atoms with Crippen molar-refractivity contribution in [3.8, 4) is 5.75 Å². The van der Waals surface area contributed by atoms with E-state index in [1.165, 1.54) is 18.2 Å². The summed E-state index contributed by atoms with van der Waals surface area (Å²) in [6.45, 7) is 2.15. The van der Waals surface area contributed by atoms with E-state index in [4.69, 9.17) is 0 Å². The standard InChI is InChI=1S/C22H26FN3O3/c23-18-7-5-16(6-8-18)9-12-24-21(28)15-26-13-10-17(11-14-26)22(29)25-19-3-1-2-4-20(19)27/h1-8,17,27H,9-15H2,(H,24,28)(H,25,29). The fraction of sp³-hybridized carbons (Fsp3) is 0.364. The van der Waals surface area contributed by atoms with Crippen LogP contribution in [-0.2, 0) is 16.0 Å². The van der Waals surface area contributed by atoms with E-state index in [1.807, 2.05) is 4.90 Å². The Balaban J connectivity index is 1.35. The molecule has 0 radical (unpaired) electrons. The van der Waals surface area contributed by atoms with Crippen LogP contribution in [0.4, 0.5) is 10.1 Å². The molecule has 29 heavy (non-hydrogen) atoms. The molecule has 7 heteroatoms. The van der Waals surface area contributed by atoms with Crippen LogP contribution in [0, 0.1) is 11.7 Å². The van der Waals surface area contributed by atoms with Crippen molar-refractivity contribution >= 4 is 17.5 Å². The lowest BCUT2D eigenvalue weighted by Gasteiger charge is -2.30. The van der Waals surface area contributed by atoms with Gasteiger partial charge in [-0.2, -0.15) is 0 Å². The Morgan fingerprint density at radius 3 is 2.45 bits per heavy atom. The van der Waals surface area contributed by atoms with E-state index < -0.39 is 0 Å². The quantitative estimate of drug-likeness (QED) is 0.625. The van der Waals surface area contributed by atoms with E-state index in [2.05, 4.69) is 10.6 Å². The number of aromatic hydroxyl groups is 1. The van der Waals surface area contributed by atoms with Crippen LogP contribution in [0.15, 0.2) is 48.5 Å². The highest BCUT2D eigenvalue weighted by molar-refractivity contribution is 5.93. The summed E-state index contributed by atoms with van der Waals surface area (Å²) in [6, 6.07) is 12.9. The lowest BCUT2D eigenvalue weighted by atomic mass is 9.95. The molecule has 1 aliphatic rings. The van der Waals surface area contributed by atoms with Crippen molar-refractivity contribution in [3.05, 3.63) is 59.9 Å². The molecule has 1 saturated heterocycles. The molecule has 3 N–H and O–H groups in total. The van der Waals surface area contributed by atoms with Gasteiger partial charge in [-0.3, -0.25) is 14.5 Å². The zero-order chi connectivity index (χ0) is 20.6. The number of rotatable bonds is 7. The van der Waals surface area contributed by atoms with Gasteiger partial charge >= 0.3 is 0 Å². The van der Waals surface area contributed by atoms with Crippen LogP contribution in [0.5, 0.6) is 5.75 Å². The van der Waals surface area contributed by atoms with Crippen LogP contribution in [-0.4, -0.2) is 48.0 Å². The van der Waals surface area contributed by atoms with Crippen LogP contribution >= 0.6 is 0 Å². The number of piperidine rings is 1. The molecule has 2 aromatic rings. The average Bonchev–Trinajstić information content (AvgIpc) is 2.72. The molecule has 0 aromatic heterocycles. The number of anilines is 1. The van der Waals surface area contributed by atoms with Gasteiger partial charge in [0.15, 0.2) is 0 Å². The zero-order valence-corrected chi connectivity index (χ0v) is 16.2. The summed E-state index contributed by atoms with van der Waals surface area (Å²) in [7, 11) is 0. The van der Waals surface area contributed by atoms with E-state index in [0.717, 1.165) is 5.56 Å². The first-order valence-corrected chi connectivity index (χ1v) is 9.83. The van der Waals surface area contributed by atoms with Crippen LogP contribution in [0.2, 0.25) is 0 Å². The van der Waals surface area contributed by atoms with Gasteiger partial charge in [-0.1, -0.05) is 24.3 Å². The monoisotopic (exact) mass is 399 g/mol. The van der Waals surface area contributed by atoms with Crippen molar-refractivity contribution in [3.63, 3.8) is 0 Å². The smallest absolute Gasteiger partial charge is 0.234 e. The number of carbonyl (C=O) groups is 2. The molecular formula is C22H26FN3O3. The van der Waals surface area contributed by atoms with E-state index >= 15 is 0 Å². The molecule has 0 bridgehead atoms. The number of hydrogen-bond donors (Lipinski definition) is 3. The van der Waals surface area contributed by atoms with Crippen molar-refractivity contribution in [2.45, 2.75) is 19.3 Å². The third-order valence-corrected chi connectivity index (χ3v) is 5.14. The summed E-state index contributed by atoms with van der Waals surface area (Å²) in [4.78, 5) is 26.6. The highest BCUT2D eigenvalue weighted by atomic mass is 19.1. The number of phenolic OH excluding ortho intramolecular Hbond substituents is 1. The second-order valence-corrected chi connectivity index (χ2v) is 7.28. The van der Waals surface area contributed by atoms with Crippen LogP contribution < -0.4 is 10.6 Å². The lowest BCUT2D eigenvalue weighted by Crippen LogP contribution is -2.43. The maximum absolute atomic E-state index is 12.9. The number of nitrogens with one attached hydrogen (secondary N) is 2. The Hall–Kier alpha value is -2.93. The zero-order valence-electron chi connectivity index (χ0n) is 16.2. The van der Waals surface area contributed by atoms with Gasteiger partial charge in [0, 0.05) is 12.5 Å². The Morgan fingerprint density at radius 1 is 1.07 bits per heavy atom. The Kier molecular flexibility index (Phi) is 7.19. The number of nitrogens with zero attached hydrogens (tertiary/aromatic N) is 1. The molecule has 1 aliphatic heterocycles. The van der Waals surface area contributed by atoms with Crippen molar-refractivity contribution in [2.75, 3.05) is 31.5 Å². The van der Waals surface area contributed by atoms with E-state index in [9.17, 15) is 19.1 Å². The molecule has 0 saturated carbocycles. The van der Waals surface area contributed by atoms with Gasteiger partial charge in [-0.25, -0.2) is 4.39 Å². The lowest BCUT2D eigenvalue weighted by molar-refractivity contribution is -0.123. The number of likely N-dealkylation sites (tertiary alicyclic amines) is 1. The molecule has 6 nitrogen and oxygen atoms in total. The second kappa shape index (κ2) is 10.0. The van der Waals surface area contributed by atoms with Crippen molar-refractivity contribution < 1.29 is 19.1 Å². The van der Waals surface area contributed by atoms with Crippen molar-refractivity contribution in [1.29, 1.82) is 0 Å². The van der Waals surface area contributed by atoms with Gasteiger partial charge in [-0.05, 0) is 62.2 Å². The van der Waals surface area contributed by atoms with E-state index in [-0.39, 0.29) is 29.3 Å². The van der Waals surface area contributed by atoms with Crippen LogP contribution in [0.25, 0.3) is 0 Å². The highest BCUT2D eigenvalue weighted by Gasteiger charge is 2.26. The number of halogens is 1. The minimum absolute atomic E-state index is 0.0515.